The van der Waals surface area contributed by atoms with Crippen molar-refractivity contribution < 1.29 is 28.9 Å². The minimum Gasteiger partial charge on any atom is -0.507 e. The monoisotopic (exact) mass is 410 g/mol. The van der Waals surface area contributed by atoms with Gasteiger partial charge in [-0.1, -0.05) is 6.07 Å². The van der Waals surface area contributed by atoms with Crippen LogP contribution in [-0.2, 0) is 14.3 Å². The third-order valence-corrected chi connectivity index (χ3v) is 4.94. The molecule has 0 spiro atoms. The van der Waals surface area contributed by atoms with Crippen LogP contribution in [0.5, 0.6) is 11.5 Å². The number of hydrogen-bond acceptors (Lipinski definition) is 7. The molecule has 4 rings (SSSR count). The van der Waals surface area contributed by atoms with Gasteiger partial charge in [0, 0.05) is 18.3 Å². The van der Waals surface area contributed by atoms with Crippen LogP contribution in [0.1, 0.15) is 31.1 Å². The summed E-state index contributed by atoms with van der Waals surface area (Å²) in [5.74, 6) is -0.715. The highest BCUT2D eigenvalue weighted by Crippen LogP contribution is 2.40. The number of ketones is 1. The number of aliphatic hydroxyl groups is 1. The van der Waals surface area contributed by atoms with Gasteiger partial charge in [-0.2, -0.15) is 0 Å². The van der Waals surface area contributed by atoms with Crippen molar-refractivity contribution in [1.29, 1.82) is 0 Å². The van der Waals surface area contributed by atoms with Crippen molar-refractivity contribution in [2.24, 2.45) is 0 Å². The normalized spacial score (nSPS) is 19.7. The highest BCUT2D eigenvalue weighted by Gasteiger charge is 2.46. The number of rotatable bonds is 6. The van der Waals surface area contributed by atoms with Gasteiger partial charge in [-0.3, -0.25) is 14.6 Å². The van der Waals surface area contributed by atoms with E-state index in [1.54, 1.807) is 42.6 Å². The molecule has 1 saturated heterocycles. The molecule has 0 aliphatic carbocycles. The Hall–Kier alpha value is -3.39. The smallest absolute Gasteiger partial charge is 0.295 e. The van der Waals surface area contributed by atoms with Gasteiger partial charge in [0.2, 0.25) is 6.79 Å². The maximum atomic E-state index is 12.9. The molecule has 0 radical (unpaired) electrons. The molecular weight excluding hydrogens is 388 g/mol. The van der Waals surface area contributed by atoms with Crippen molar-refractivity contribution in [1.82, 2.24) is 9.88 Å². The number of Topliss-reactive ketones (excluding diaryl/α,β-unsaturated/α-hetero) is 1. The molecule has 1 N–H and O–H groups in total. The molecule has 0 bridgehead atoms. The third-order valence-electron chi connectivity index (χ3n) is 4.94. The first-order chi connectivity index (χ1) is 14.5. The van der Waals surface area contributed by atoms with Gasteiger partial charge in [-0.05, 0) is 44.2 Å². The van der Waals surface area contributed by atoms with Crippen LogP contribution in [-0.4, -0.2) is 52.7 Å². The predicted octanol–water partition coefficient (Wildman–Crippen LogP) is 2.66. The van der Waals surface area contributed by atoms with E-state index in [0.717, 1.165) is 0 Å². The number of carbonyl (C=O) groups is 2. The quantitative estimate of drug-likeness (QED) is 0.444. The molecule has 2 aromatic rings. The van der Waals surface area contributed by atoms with Crippen LogP contribution in [0.3, 0.4) is 0 Å². The number of carbonyl (C=O) groups excluding carboxylic acids is 2. The number of aromatic nitrogens is 1. The Kier molecular flexibility index (Phi) is 5.41. The fourth-order valence-electron chi connectivity index (χ4n) is 3.54. The van der Waals surface area contributed by atoms with E-state index < -0.39 is 17.7 Å². The fourth-order valence-corrected chi connectivity index (χ4v) is 3.54. The first kappa shape index (κ1) is 19.9. The van der Waals surface area contributed by atoms with Crippen molar-refractivity contribution in [2.45, 2.75) is 26.0 Å². The Morgan fingerprint density at radius 2 is 2.03 bits per heavy atom. The van der Waals surface area contributed by atoms with Gasteiger partial charge in [0.15, 0.2) is 11.5 Å². The van der Waals surface area contributed by atoms with E-state index in [9.17, 15) is 14.7 Å². The predicted molar refractivity (Wildman–Crippen MR) is 107 cm³/mol. The van der Waals surface area contributed by atoms with Crippen molar-refractivity contribution in [3.8, 4) is 11.5 Å². The highest BCUT2D eigenvalue weighted by atomic mass is 16.7. The summed E-state index contributed by atoms with van der Waals surface area (Å²) in [6.45, 7) is 4.34. The third kappa shape index (κ3) is 3.61. The minimum atomic E-state index is -0.813. The summed E-state index contributed by atoms with van der Waals surface area (Å²) in [6, 6.07) is 9.28. The van der Waals surface area contributed by atoms with Crippen LogP contribution in [0, 0.1) is 0 Å². The average Bonchev–Trinajstić information content (AvgIpc) is 3.31. The number of hydrogen-bond donors (Lipinski definition) is 1. The lowest BCUT2D eigenvalue weighted by molar-refractivity contribution is -0.140. The largest absolute Gasteiger partial charge is 0.507 e. The number of benzene rings is 1. The molecular formula is C22H22N2O6. The summed E-state index contributed by atoms with van der Waals surface area (Å²) in [6.07, 6.45) is 1.57. The van der Waals surface area contributed by atoms with Crippen LogP contribution in [0.4, 0.5) is 0 Å². The van der Waals surface area contributed by atoms with Gasteiger partial charge in [0.25, 0.3) is 11.7 Å². The molecule has 3 heterocycles. The van der Waals surface area contributed by atoms with E-state index in [4.69, 9.17) is 14.2 Å². The summed E-state index contributed by atoms with van der Waals surface area (Å²) in [5.41, 5.74) is 0.835. The van der Waals surface area contributed by atoms with E-state index in [2.05, 4.69) is 4.98 Å². The van der Waals surface area contributed by atoms with E-state index in [-0.39, 0.29) is 37.4 Å². The second-order valence-corrected chi connectivity index (χ2v) is 7.23. The molecule has 1 aromatic carbocycles. The zero-order chi connectivity index (χ0) is 21.3. The van der Waals surface area contributed by atoms with Gasteiger partial charge >= 0.3 is 0 Å². The number of fused-ring (bicyclic) bond motifs is 1. The summed E-state index contributed by atoms with van der Waals surface area (Å²) in [4.78, 5) is 31.4. The Bertz CT molecular complexity index is 1000. The van der Waals surface area contributed by atoms with Crippen LogP contribution >= 0.6 is 0 Å². The summed E-state index contributed by atoms with van der Waals surface area (Å²) >= 11 is 0. The zero-order valence-corrected chi connectivity index (χ0v) is 16.7. The first-order valence-electron chi connectivity index (χ1n) is 9.68. The lowest BCUT2D eigenvalue weighted by atomic mass is 9.98. The summed E-state index contributed by atoms with van der Waals surface area (Å²) in [5, 5.41) is 11.0. The molecule has 30 heavy (non-hydrogen) atoms. The highest BCUT2D eigenvalue weighted by molar-refractivity contribution is 6.46. The topological polar surface area (TPSA) is 98.2 Å². The zero-order valence-electron chi connectivity index (χ0n) is 16.7. The molecule has 1 aromatic heterocycles. The summed E-state index contributed by atoms with van der Waals surface area (Å²) in [7, 11) is 0. The Balaban J connectivity index is 1.77. The summed E-state index contributed by atoms with van der Waals surface area (Å²) < 4.78 is 16.2. The van der Waals surface area contributed by atoms with Crippen molar-refractivity contribution in [3.63, 3.8) is 0 Å². The van der Waals surface area contributed by atoms with Crippen LogP contribution in [0.2, 0.25) is 0 Å². The molecule has 8 nitrogen and oxygen atoms in total. The van der Waals surface area contributed by atoms with Crippen LogP contribution in [0.25, 0.3) is 5.76 Å². The van der Waals surface area contributed by atoms with Crippen molar-refractivity contribution in [3.05, 3.63) is 59.4 Å². The first-order valence-corrected chi connectivity index (χ1v) is 9.68. The van der Waals surface area contributed by atoms with E-state index in [1.165, 1.54) is 4.90 Å². The average molecular weight is 410 g/mol. The van der Waals surface area contributed by atoms with Gasteiger partial charge in [-0.25, -0.2) is 0 Å². The number of pyridine rings is 1. The molecule has 1 fully saturated rings. The Morgan fingerprint density at radius 1 is 1.23 bits per heavy atom. The van der Waals surface area contributed by atoms with Gasteiger partial charge in [0.1, 0.15) is 11.8 Å². The minimum absolute atomic E-state index is 0.0104. The molecule has 1 amide bonds. The molecule has 0 saturated carbocycles. The second-order valence-electron chi connectivity index (χ2n) is 7.23. The molecule has 156 valence electrons. The maximum absolute atomic E-state index is 12.9. The number of likely N-dealkylation sites (tertiary alicyclic amines) is 1. The lowest BCUT2D eigenvalue weighted by Gasteiger charge is -2.24. The van der Waals surface area contributed by atoms with Crippen LogP contribution < -0.4 is 9.47 Å². The van der Waals surface area contributed by atoms with Gasteiger partial charge < -0.3 is 24.2 Å². The lowest BCUT2D eigenvalue weighted by Crippen LogP contribution is -2.33. The van der Waals surface area contributed by atoms with Gasteiger partial charge in [0.05, 0.1) is 24.0 Å². The Labute approximate surface area is 173 Å². The number of ether oxygens (including phenoxy) is 3. The number of aliphatic hydroxyl groups excluding tert-OH is 1. The van der Waals surface area contributed by atoms with E-state index in [1.807, 2.05) is 13.8 Å². The van der Waals surface area contributed by atoms with Gasteiger partial charge in [-0.15, -0.1) is 0 Å². The Morgan fingerprint density at radius 3 is 2.77 bits per heavy atom. The van der Waals surface area contributed by atoms with E-state index in [0.29, 0.717) is 22.8 Å². The van der Waals surface area contributed by atoms with Crippen LogP contribution in [0.15, 0.2) is 48.2 Å². The van der Waals surface area contributed by atoms with E-state index >= 15 is 0 Å². The SMILES string of the molecule is CC(C)OCCN1C(=O)C(=O)/C(=C(\O)c2ccc3c(c2)OCO3)C1c1ccccn1. The van der Waals surface area contributed by atoms with Crippen molar-refractivity contribution in [2.75, 3.05) is 19.9 Å². The number of amides is 1. The van der Waals surface area contributed by atoms with Crippen molar-refractivity contribution >= 4 is 17.4 Å². The fraction of sp³-hybridized carbons (Fsp3) is 0.318. The second kappa shape index (κ2) is 8.16. The molecule has 2 aliphatic rings. The molecule has 1 atom stereocenters. The number of nitrogens with zero attached hydrogens (tertiary/aromatic N) is 2. The standard InChI is InChI=1S/C22H22N2O6/c1-13(2)28-10-9-24-19(15-5-3-4-8-23-15)18(21(26)22(24)27)20(25)14-6-7-16-17(11-14)30-12-29-16/h3-8,11,13,19,25H,9-10,12H2,1-2H3/b20-18-. The molecule has 1 unspecified atom stereocenters. The maximum Gasteiger partial charge on any atom is 0.295 e. The molecule has 2 aliphatic heterocycles. The molecule has 8 heteroatoms.